The summed E-state index contributed by atoms with van der Waals surface area (Å²) in [5.41, 5.74) is 2.72. The molecule has 1 fully saturated rings. The van der Waals surface area contributed by atoms with Crippen LogP contribution >= 0.6 is 15.9 Å². The largest absolute Gasteiger partial charge is 0.310 e. The average molecular weight is 279 g/mol. The standard InChI is InChI=1S/C13H15BrN2/c14-12-5-4-10(8-16-12)11-3-1-2-9-6-7-15-13(9)11/h3-5,8-9,13,15H,1-2,6-7H2/t9-,13+/m1/s1. The van der Waals surface area contributed by atoms with E-state index in [0.717, 1.165) is 17.1 Å². The third-order valence-corrected chi connectivity index (χ3v) is 4.12. The maximum atomic E-state index is 4.32. The molecular formula is C13H15BrN2. The fourth-order valence-corrected chi connectivity index (χ4v) is 3.09. The third-order valence-electron chi connectivity index (χ3n) is 3.65. The fraction of sp³-hybridized carbons (Fsp3) is 0.462. The predicted molar refractivity (Wildman–Crippen MR) is 69.0 cm³/mol. The number of aromatic nitrogens is 1. The Kier molecular flexibility index (Phi) is 2.82. The van der Waals surface area contributed by atoms with E-state index in [1.54, 1.807) is 0 Å². The summed E-state index contributed by atoms with van der Waals surface area (Å²) >= 11 is 3.38. The second-order valence-electron chi connectivity index (χ2n) is 4.59. The van der Waals surface area contributed by atoms with Crippen LogP contribution in [0.3, 0.4) is 0 Å². The number of fused-ring (bicyclic) bond motifs is 1. The van der Waals surface area contributed by atoms with Gasteiger partial charge in [-0.05, 0) is 64.9 Å². The van der Waals surface area contributed by atoms with Crippen molar-refractivity contribution in [3.05, 3.63) is 34.6 Å². The molecule has 1 aliphatic heterocycles. The van der Waals surface area contributed by atoms with Gasteiger partial charge < -0.3 is 5.32 Å². The Bertz CT molecular complexity index is 410. The van der Waals surface area contributed by atoms with Gasteiger partial charge in [-0.25, -0.2) is 4.98 Å². The fourth-order valence-electron chi connectivity index (χ4n) is 2.86. The smallest absolute Gasteiger partial charge is 0.106 e. The molecule has 1 saturated heterocycles. The molecular weight excluding hydrogens is 264 g/mol. The van der Waals surface area contributed by atoms with E-state index in [-0.39, 0.29) is 0 Å². The number of nitrogens with zero attached hydrogens (tertiary/aromatic N) is 1. The summed E-state index contributed by atoms with van der Waals surface area (Å²) in [6.45, 7) is 1.16. The lowest BCUT2D eigenvalue weighted by molar-refractivity contribution is 0.470. The van der Waals surface area contributed by atoms with Gasteiger partial charge in [-0.15, -0.1) is 0 Å². The molecule has 1 aliphatic carbocycles. The van der Waals surface area contributed by atoms with Crippen molar-refractivity contribution in [1.29, 1.82) is 0 Å². The quantitative estimate of drug-likeness (QED) is 0.799. The Morgan fingerprint density at radius 3 is 3.06 bits per heavy atom. The van der Waals surface area contributed by atoms with Crippen LogP contribution in [-0.4, -0.2) is 17.6 Å². The molecule has 0 spiro atoms. The summed E-state index contributed by atoms with van der Waals surface area (Å²) in [4.78, 5) is 4.32. The highest BCUT2D eigenvalue weighted by Gasteiger charge is 2.32. The van der Waals surface area contributed by atoms with Crippen LogP contribution in [0.15, 0.2) is 29.0 Å². The highest BCUT2D eigenvalue weighted by Crippen LogP contribution is 2.35. The molecule has 2 atom stereocenters. The van der Waals surface area contributed by atoms with E-state index in [9.17, 15) is 0 Å². The lowest BCUT2D eigenvalue weighted by atomic mass is 9.82. The van der Waals surface area contributed by atoms with Crippen molar-refractivity contribution in [2.24, 2.45) is 5.92 Å². The molecule has 3 heteroatoms. The molecule has 2 heterocycles. The van der Waals surface area contributed by atoms with Crippen LogP contribution in [0.1, 0.15) is 24.8 Å². The minimum absolute atomic E-state index is 0.566. The van der Waals surface area contributed by atoms with E-state index in [4.69, 9.17) is 0 Å². The lowest BCUT2D eigenvalue weighted by Crippen LogP contribution is -2.30. The van der Waals surface area contributed by atoms with Gasteiger partial charge in [0.1, 0.15) is 4.60 Å². The molecule has 1 aromatic rings. The zero-order chi connectivity index (χ0) is 11.0. The Balaban J connectivity index is 1.93. The molecule has 2 aliphatic rings. The van der Waals surface area contributed by atoms with Crippen molar-refractivity contribution in [3.8, 4) is 0 Å². The molecule has 3 rings (SSSR count). The number of pyridine rings is 1. The molecule has 0 radical (unpaired) electrons. The molecule has 16 heavy (non-hydrogen) atoms. The van der Waals surface area contributed by atoms with Crippen molar-refractivity contribution < 1.29 is 0 Å². The SMILES string of the molecule is Brc1ccc(C2=CCC[C@@H]3CCN[C@H]23)cn1. The number of hydrogen-bond acceptors (Lipinski definition) is 2. The summed E-state index contributed by atoms with van der Waals surface area (Å²) in [5.74, 6) is 0.837. The van der Waals surface area contributed by atoms with Crippen LogP contribution in [0, 0.1) is 5.92 Å². The molecule has 0 bridgehead atoms. The van der Waals surface area contributed by atoms with E-state index >= 15 is 0 Å². The van der Waals surface area contributed by atoms with Gasteiger partial charge in [-0.1, -0.05) is 12.1 Å². The van der Waals surface area contributed by atoms with E-state index < -0.39 is 0 Å². The summed E-state index contributed by atoms with van der Waals surface area (Å²) in [6.07, 6.45) is 8.23. The van der Waals surface area contributed by atoms with Gasteiger partial charge in [-0.2, -0.15) is 0 Å². The minimum atomic E-state index is 0.566. The summed E-state index contributed by atoms with van der Waals surface area (Å²) < 4.78 is 0.906. The Labute approximate surface area is 104 Å². The maximum Gasteiger partial charge on any atom is 0.106 e. The van der Waals surface area contributed by atoms with Gasteiger partial charge in [0.05, 0.1) is 0 Å². The van der Waals surface area contributed by atoms with Crippen molar-refractivity contribution in [3.63, 3.8) is 0 Å². The number of halogens is 1. The first-order valence-electron chi connectivity index (χ1n) is 5.90. The van der Waals surface area contributed by atoms with E-state index in [2.05, 4.69) is 38.4 Å². The van der Waals surface area contributed by atoms with Crippen LogP contribution < -0.4 is 5.32 Å². The predicted octanol–water partition coefficient (Wildman–Crippen LogP) is 3.00. The molecule has 0 saturated carbocycles. The van der Waals surface area contributed by atoms with Gasteiger partial charge >= 0.3 is 0 Å². The number of nitrogens with one attached hydrogen (secondary N) is 1. The van der Waals surface area contributed by atoms with Crippen molar-refractivity contribution in [2.75, 3.05) is 6.54 Å². The molecule has 0 unspecified atom stereocenters. The van der Waals surface area contributed by atoms with Crippen LogP contribution in [-0.2, 0) is 0 Å². The van der Waals surface area contributed by atoms with Gasteiger partial charge in [0.15, 0.2) is 0 Å². The Morgan fingerprint density at radius 2 is 2.25 bits per heavy atom. The van der Waals surface area contributed by atoms with Crippen LogP contribution in [0.2, 0.25) is 0 Å². The summed E-state index contributed by atoms with van der Waals surface area (Å²) in [7, 11) is 0. The van der Waals surface area contributed by atoms with Crippen molar-refractivity contribution in [2.45, 2.75) is 25.3 Å². The first-order valence-corrected chi connectivity index (χ1v) is 6.69. The summed E-state index contributed by atoms with van der Waals surface area (Å²) in [5, 5.41) is 3.61. The van der Waals surface area contributed by atoms with Gasteiger partial charge in [0.25, 0.3) is 0 Å². The van der Waals surface area contributed by atoms with Crippen molar-refractivity contribution >= 4 is 21.5 Å². The second kappa shape index (κ2) is 4.30. The number of allylic oxidation sites excluding steroid dienone is 1. The van der Waals surface area contributed by atoms with Crippen molar-refractivity contribution in [1.82, 2.24) is 10.3 Å². The molecule has 1 aromatic heterocycles. The van der Waals surface area contributed by atoms with Crippen LogP contribution in [0.5, 0.6) is 0 Å². The zero-order valence-corrected chi connectivity index (χ0v) is 10.7. The topological polar surface area (TPSA) is 24.9 Å². The molecule has 0 amide bonds. The van der Waals surface area contributed by atoms with E-state index in [0.29, 0.717) is 6.04 Å². The van der Waals surface area contributed by atoms with Gasteiger partial charge in [0, 0.05) is 12.2 Å². The van der Waals surface area contributed by atoms with E-state index in [1.165, 1.54) is 30.4 Å². The average Bonchev–Trinajstić information content (AvgIpc) is 2.78. The van der Waals surface area contributed by atoms with Gasteiger partial charge in [0.2, 0.25) is 0 Å². The van der Waals surface area contributed by atoms with Crippen LogP contribution in [0.4, 0.5) is 0 Å². The first-order chi connectivity index (χ1) is 7.84. The third kappa shape index (κ3) is 1.82. The number of rotatable bonds is 1. The number of hydrogen-bond donors (Lipinski definition) is 1. The molecule has 84 valence electrons. The highest BCUT2D eigenvalue weighted by atomic mass is 79.9. The molecule has 1 N–H and O–H groups in total. The first kappa shape index (κ1) is 10.5. The normalized spacial score (nSPS) is 28.7. The van der Waals surface area contributed by atoms with E-state index in [1.807, 2.05) is 12.3 Å². The molecule has 2 nitrogen and oxygen atoms in total. The minimum Gasteiger partial charge on any atom is -0.310 e. The second-order valence-corrected chi connectivity index (χ2v) is 5.40. The summed E-state index contributed by atoms with van der Waals surface area (Å²) in [6, 6.07) is 4.75. The zero-order valence-electron chi connectivity index (χ0n) is 9.12. The van der Waals surface area contributed by atoms with Gasteiger partial charge in [-0.3, -0.25) is 0 Å². The Hall–Kier alpha value is -0.670. The highest BCUT2D eigenvalue weighted by molar-refractivity contribution is 9.10. The monoisotopic (exact) mass is 278 g/mol. The Morgan fingerprint density at radius 1 is 1.31 bits per heavy atom. The maximum absolute atomic E-state index is 4.32. The lowest BCUT2D eigenvalue weighted by Gasteiger charge is -2.26. The molecule has 0 aromatic carbocycles. The van der Waals surface area contributed by atoms with Crippen LogP contribution in [0.25, 0.3) is 5.57 Å².